The minimum absolute atomic E-state index is 0.0665. The lowest BCUT2D eigenvalue weighted by atomic mass is 9.85. The number of hydrogen-bond acceptors (Lipinski definition) is 15. The maximum Gasteiger partial charge on any atom is 0.407 e. The van der Waals surface area contributed by atoms with Crippen molar-refractivity contribution in [3.8, 4) is 11.1 Å². The summed E-state index contributed by atoms with van der Waals surface area (Å²) in [5.41, 5.74) is 11.1. The minimum atomic E-state index is -1.05. The average Bonchev–Trinajstić information content (AvgIpc) is 1.66. The highest BCUT2D eigenvalue weighted by atomic mass is 16.7. The smallest absolute Gasteiger partial charge is 0.407 e. The fourth-order valence-corrected chi connectivity index (χ4v) is 13.7. The molecule has 4 unspecified atom stereocenters. The minimum Gasteiger partial charge on any atom is -0.449 e. The largest absolute Gasteiger partial charge is 0.449 e. The number of carbonyl (C=O) groups is 7. The number of nitrogens with two attached hydrogens (primary N) is 1. The first-order valence-corrected chi connectivity index (χ1v) is 33.7. The Bertz CT molecular complexity index is 3450. The van der Waals surface area contributed by atoms with Crippen LogP contribution in [-0.4, -0.2) is 168 Å². The van der Waals surface area contributed by atoms with Gasteiger partial charge in [0.2, 0.25) is 23.6 Å². The molecule has 4 heterocycles. The van der Waals surface area contributed by atoms with Crippen LogP contribution in [0, 0.1) is 10.8 Å². The van der Waals surface area contributed by atoms with Crippen LogP contribution in [0.2, 0.25) is 0 Å². The number of hydrogen-bond donors (Lipinski definition) is 6. The van der Waals surface area contributed by atoms with Crippen LogP contribution in [-0.2, 0) is 52.7 Å². The zero-order valence-corrected chi connectivity index (χ0v) is 56.6. The van der Waals surface area contributed by atoms with Gasteiger partial charge in [-0.1, -0.05) is 188 Å². The standard InChI is InChI=1S/C44H53N5O7.C29H43N5O5/c1-6-14-34(37(54-5)40(51)45-28-21-22-28)46-39(50)36-24-44(23-35(48-56-44)27-15-8-7-9-16-27)26-49(36)41(52)38(43(2,3)4)47-42(53)55-25-33-31-19-12-10-17-29(31)30-18-11-13-20-32(30)33;1-6-10-20(23(38-5)26(36)31-19-13-14-19)32-25(35)22-16-29(17-34(22)27(37)24(30)28(2,3)4)15-21(33-39-29)18-11-8-7-9-12-18/h7-13,15-20,28,33-34,36-38H,6,14,21-26H2,1-5H3,(H,45,51)(H,46,50)(H,47,53);7-9,11-12,19-20,22-24H,6,10,13-17,30H2,1-5H3,(H,31,36)(H,32,35)/t34-,36?,37?,38+,44+;20-,22?,23?,24+,29+/m00/s1. The van der Waals surface area contributed by atoms with Gasteiger partial charge in [-0.3, -0.25) is 28.8 Å². The van der Waals surface area contributed by atoms with Gasteiger partial charge in [0.15, 0.2) is 23.4 Å². The highest BCUT2D eigenvalue weighted by Crippen LogP contribution is 2.46. The van der Waals surface area contributed by atoms with Crippen molar-refractivity contribution in [2.75, 3.05) is 33.9 Å². The number of rotatable bonds is 23. The number of likely N-dealkylation sites (tertiary alicyclic amines) is 2. The van der Waals surface area contributed by atoms with E-state index in [1.807, 2.05) is 140 Å². The lowest BCUT2D eigenvalue weighted by Gasteiger charge is -2.35. The Morgan fingerprint density at radius 1 is 0.579 bits per heavy atom. The van der Waals surface area contributed by atoms with Crippen molar-refractivity contribution in [3.63, 3.8) is 0 Å². The summed E-state index contributed by atoms with van der Waals surface area (Å²) in [6.07, 6.45) is 5.02. The predicted molar refractivity (Wildman–Crippen MR) is 360 cm³/mol. The van der Waals surface area contributed by atoms with Gasteiger partial charge in [-0.15, -0.1) is 0 Å². The Kier molecular flexibility index (Phi) is 21.6. The first kappa shape index (κ1) is 69.6. The summed E-state index contributed by atoms with van der Waals surface area (Å²) in [6.45, 7) is 15.6. The molecule has 95 heavy (non-hydrogen) atoms. The van der Waals surface area contributed by atoms with Crippen LogP contribution < -0.4 is 32.3 Å². The number of nitrogens with zero attached hydrogens (tertiary/aromatic N) is 4. The van der Waals surface area contributed by atoms with Crippen LogP contribution in [0.25, 0.3) is 11.1 Å². The number of oxime groups is 2. The molecule has 3 aliphatic carbocycles. The topological polar surface area (TPSA) is 283 Å². The summed E-state index contributed by atoms with van der Waals surface area (Å²) < 4.78 is 17.1. The van der Waals surface area contributed by atoms with E-state index < -0.39 is 88.4 Å². The summed E-state index contributed by atoms with van der Waals surface area (Å²) in [6, 6.07) is 31.1. The third-order valence-electron chi connectivity index (χ3n) is 19.2. The highest BCUT2D eigenvalue weighted by Gasteiger charge is 2.57. The number of carbonyl (C=O) groups excluding carboxylic acids is 7. The quantitative estimate of drug-likeness (QED) is 0.0414. The van der Waals surface area contributed by atoms with Gasteiger partial charge in [-0.2, -0.15) is 0 Å². The normalized spacial score (nSPS) is 23.0. The molecular formula is C73H96N10O12. The van der Waals surface area contributed by atoms with Gasteiger partial charge in [-0.25, -0.2) is 4.79 Å². The van der Waals surface area contributed by atoms with Gasteiger partial charge in [0.25, 0.3) is 11.8 Å². The summed E-state index contributed by atoms with van der Waals surface area (Å²) in [5, 5.41) is 23.8. The van der Waals surface area contributed by atoms with Gasteiger partial charge in [0, 0.05) is 57.9 Å². The molecule has 2 saturated heterocycles. The molecule has 0 bridgehead atoms. The van der Waals surface area contributed by atoms with E-state index in [0.29, 0.717) is 32.1 Å². The Hall–Kier alpha value is -8.21. The summed E-state index contributed by atoms with van der Waals surface area (Å²) >= 11 is 0. The second kappa shape index (κ2) is 29.4. The van der Waals surface area contributed by atoms with Crippen molar-refractivity contribution >= 4 is 53.0 Å². The maximum atomic E-state index is 14.9. The van der Waals surface area contributed by atoms with Gasteiger partial charge in [0.05, 0.1) is 42.6 Å². The number of amides is 7. The molecule has 4 aromatic rings. The lowest BCUT2D eigenvalue weighted by Crippen LogP contribution is -2.59. The van der Waals surface area contributed by atoms with Gasteiger partial charge in [0.1, 0.15) is 24.7 Å². The molecule has 22 nitrogen and oxygen atoms in total. The van der Waals surface area contributed by atoms with Crippen molar-refractivity contribution < 1.29 is 57.4 Å². The van der Waals surface area contributed by atoms with E-state index in [1.165, 1.54) is 19.1 Å². The van der Waals surface area contributed by atoms with Crippen LogP contribution in [0.15, 0.2) is 120 Å². The lowest BCUT2D eigenvalue weighted by molar-refractivity contribution is -0.143. The van der Waals surface area contributed by atoms with Crippen molar-refractivity contribution in [1.29, 1.82) is 0 Å². The molecule has 11 rings (SSSR count). The molecule has 510 valence electrons. The first-order valence-electron chi connectivity index (χ1n) is 33.7. The van der Waals surface area contributed by atoms with E-state index in [2.05, 4.69) is 61.2 Å². The third kappa shape index (κ3) is 16.2. The third-order valence-corrected chi connectivity index (χ3v) is 19.2. The molecular weight excluding hydrogens is 1210 g/mol. The predicted octanol–water partition coefficient (Wildman–Crippen LogP) is 7.79. The number of fused-ring (bicyclic) bond motifs is 3. The number of benzene rings is 4. The number of methoxy groups -OCH3 is 2. The van der Waals surface area contributed by atoms with Crippen LogP contribution in [0.3, 0.4) is 0 Å². The molecule has 0 radical (unpaired) electrons. The molecule has 2 spiro atoms. The Labute approximate surface area is 557 Å². The van der Waals surface area contributed by atoms with E-state index in [9.17, 15) is 33.6 Å². The van der Waals surface area contributed by atoms with Crippen LogP contribution in [0.5, 0.6) is 0 Å². The summed E-state index contributed by atoms with van der Waals surface area (Å²) in [5.74, 6) is -2.19. The van der Waals surface area contributed by atoms with E-state index in [0.717, 1.165) is 76.9 Å². The maximum absolute atomic E-state index is 14.9. The fourth-order valence-electron chi connectivity index (χ4n) is 13.7. The summed E-state index contributed by atoms with van der Waals surface area (Å²) in [4.78, 5) is 112. The zero-order valence-electron chi connectivity index (χ0n) is 56.6. The monoisotopic (exact) mass is 1300 g/mol. The molecule has 10 atom stereocenters. The Balaban J connectivity index is 0.000000221. The van der Waals surface area contributed by atoms with E-state index >= 15 is 0 Å². The average molecular weight is 1310 g/mol. The molecule has 4 aromatic carbocycles. The van der Waals surface area contributed by atoms with Crippen LogP contribution in [0.4, 0.5) is 4.79 Å². The zero-order chi connectivity index (χ0) is 68.0. The van der Waals surface area contributed by atoms with Crippen molar-refractivity contribution in [1.82, 2.24) is 36.4 Å². The number of nitrogens with one attached hydrogen (secondary N) is 5. The summed E-state index contributed by atoms with van der Waals surface area (Å²) in [7, 11) is 2.94. The molecule has 7 aliphatic rings. The van der Waals surface area contributed by atoms with E-state index in [1.54, 1.807) is 4.90 Å². The van der Waals surface area contributed by atoms with Crippen molar-refractivity contribution in [2.45, 2.75) is 210 Å². The Morgan fingerprint density at radius 3 is 1.38 bits per heavy atom. The molecule has 4 fully saturated rings. The molecule has 0 aromatic heterocycles. The molecule has 22 heteroatoms. The number of alkyl carbamates (subject to hydrolysis) is 1. The van der Waals surface area contributed by atoms with Gasteiger partial charge in [-0.05, 0) is 82.7 Å². The second-order valence-corrected chi connectivity index (χ2v) is 28.9. The van der Waals surface area contributed by atoms with Crippen molar-refractivity contribution in [2.24, 2.45) is 26.9 Å². The molecule has 2 saturated carbocycles. The second-order valence-electron chi connectivity index (χ2n) is 28.9. The van der Waals surface area contributed by atoms with Crippen LogP contribution in [0.1, 0.15) is 161 Å². The van der Waals surface area contributed by atoms with Crippen LogP contribution >= 0.6 is 0 Å². The molecule has 7 N–H and O–H groups in total. The van der Waals surface area contributed by atoms with Gasteiger partial charge >= 0.3 is 6.09 Å². The van der Waals surface area contributed by atoms with Gasteiger partial charge < -0.3 is 66.0 Å². The highest BCUT2D eigenvalue weighted by molar-refractivity contribution is 6.03. The Morgan fingerprint density at radius 2 is 0.989 bits per heavy atom. The number of ether oxygens (including phenoxy) is 3. The SMILES string of the molecule is CCC[C@H](NC(=O)C1C[C@]2(CC(c3ccccc3)=NO2)CN1C(=O)[C@@H](N)C(C)(C)C)C(OC)C(=O)NC1CC1.CCC[C@H](NC(=O)C1C[C@]2(CC(c3ccccc3)=NO2)CN1C(=O)[C@@H](NC(=O)OCC1c2ccccc2-c2ccccc21)C(C)(C)C)C(OC)C(=O)NC1CC1. The first-order chi connectivity index (χ1) is 45.4. The van der Waals surface area contributed by atoms with E-state index in [-0.39, 0.29) is 74.2 Å². The fraction of sp³-hybridized carbons (Fsp3) is 0.548. The van der Waals surface area contributed by atoms with E-state index in [4.69, 9.17) is 29.6 Å². The molecule has 4 aliphatic heterocycles. The van der Waals surface area contributed by atoms with Crippen molar-refractivity contribution in [3.05, 3.63) is 131 Å². The molecule has 7 amide bonds.